The average molecular weight is 293 g/mol. The molecular weight excluding hydrogens is 280 g/mol. The smallest absolute Gasteiger partial charge is 0.212 e. The van der Waals surface area contributed by atoms with Crippen LogP contribution in [0.15, 0.2) is 35.8 Å². The molecule has 2 N–H and O–H groups in total. The molecule has 0 aromatic carbocycles. The third kappa shape index (κ3) is 1.81. The van der Waals surface area contributed by atoms with Crippen LogP contribution in [-0.4, -0.2) is 42.0 Å². The highest BCUT2D eigenvalue weighted by molar-refractivity contribution is 6.11. The minimum atomic E-state index is 0.574. The highest BCUT2D eigenvalue weighted by Gasteiger charge is 2.19. The fourth-order valence-electron chi connectivity index (χ4n) is 2.36. The van der Waals surface area contributed by atoms with Gasteiger partial charge in [0.1, 0.15) is 29.1 Å². The fraction of sp³-hybridized carbons (Fsp3) is 0.0714. The Kier molecular flexibility index (Phi) is 2.46. The SMILES string of the molecule is C=[N+]1C=C(c2nc(-c3cc(N)n(C)n3)cn3nccc23)C=N1. The number of fused-ring (bicyclic) bond motifs is 1. The number of hydrogen-bond donors (Lipinski definition) is 1. The summed E-state index contributed by atoms with van der Waals surface area (Å²) in [7, 11) is 1.79. The van der Waals surface area contributed by atoms with Crippen LogP contribution < -0.4 is 5.73 Å². The first-order chi connectivity index (χ1) is 10.6. The Morgan fingerprint density at radius 2 is 2.18 bits per heavy atom. The Morgan fingerprint density at radius 1 is 1.32 bits per heavy atom. The van der Waals surface area contributed by atoms with Crippen LogP contribution in [-0.2, 0) is 7.05 Å². The standard InChI is InChI=1S/C14H13N8/c1-20-7-9(6-17-20)14-12-3-4-16-22(12)8-11(18-14)10-5-13(15)21(2)19-10/h3-8H,1,15H2,2H3/q+1. The lowest BCUT2D eigenvalue weighted by atomic mass is 10.2. The monoisotopic (exact) mass is 293 g/mol. The molecular formula is C14H13N8+. The van der Waals surface area contributed by atoms with Crippen LogP contribution in [0.2, 0.25) is 0 Å². The van der Waals surface area contributed by atoms with Crippen LogP contribution in [0.4, 0.5) is 5.82 Å². The van der Waals surface area contributed by atoms with Gasteiger partial charge in [-0.1, -0.05) is 4.68 Å². The molecule has 0 spiro atoms. The van der Waals surface area contributed by atoms with Gasteiger partial charge in [0.25, 0.3) is 0 Å². The number of anilines is 1. The molecule has 0 bridgehead atoms. The van der Waals surface area contributed by atoms with Crippen LogP contribution in [0.1, 0.15) is 5.69 Å². The molecule has 0 fully saturated rings. The molecule has 8 nitrogen and oxygen atoms in total. The molecule has 0 atom stereocenters. The summed E-state index contributed by atoms with van der Waals surface area (Å²) in [6.45, 7) is 3.75. The van der Waals surface area contributed by atoms with E-state index in [1.165, 1.54) is 4.68 Å². The molecule has 22 heavy (non-hydrogen) atoms. The number of aromatic nitrogens is 5. The van der Waals surface area contributed by atoms with Crippen molar-refractivity contribution in [2.24, 2.45) is 12.1 Å². The van der Waals surface area contributed by atoms with Gasteiger partial charge >= 0.3 is 0 Å². The van der Waals surface area contributed by atoms with Crippen molar-refractivity contribution in [1.29, 1.82) is 0 Å². The van der Waals surface area contributed by atoms with E-state index in [1.807, 2.05) is 18.5 Å². The number of hydrogen-bond acceptors (Lipinski definition) is 5. The van der Waals surface area contributed by atoms with Crippen molar-refractivity contribution in [3.05, 3.63) is 36.4 Å². The van der Waals surface area contributed by atoms with Crippen LogP contribution in [0, 0.1) is 0 Å². The number of nitrogens with zero attached hydrogens (tertiary/aromatic N) is 7. The molecule has 1 aliphatic heterocycles. The van der Waals surface area contributed by atoms with Crippen LogP contribution >= 0.6 is 0 Å². The number of allylic oxidation sites excluding steroid dienone is 1. The second-order valence-electron chi connectivity index (χ2n) is 4.98. The zero-order valence-corrected chi connectivity index (χ0v) is 11.9. The van der Waals surface area contributed by atoms with E-state index in [4.69, 9.17) is 10.7 Å². The molecule has 0 saturated carbocycles. The molecule has 0 radical (unpaired) electrons. The maximum absolute atomic E-state index is 5.85. The van der Waals surface area contributed by atoms with Gasteiger partial charge in [0, 0.05) is 13.1 Å². The minimum Gasteiger partial charge on any atom is -0.384 e. The summed E-state index contributed by atoms with van der Waals surface area (Å²) >= 11 is 0. The molecule has 0 aliphatic carbocycles. The number of nitrogen functional groups attached to an aromatic ring is 1. The van der Waals surface area contributed by atoms with Crippen molar-refractivity contribution in [3.8, 4) is 11.4 Å². The zero-order chi connectivity index (χ0) is 15.3. The van der Waals surface area contributed by atoms with Gasteiger partial charge in [-0.2, -0.15) is 10.2 Å². The molecule has 3 aromatic rings. The van der Waals surface area contributed by atoms with Gasteiger partial charge in [-0.05, 0) is 11.2 Å². The largest absolute Gasteiger partial charge is 0.384 e. The lowest BCUT2D eigenvalue weighted by molar-refractivity contribution is -0.447. The van der Waals surface area contributed by atoms with E-state index in [0.717, 1.165) is 16.8 Å². The predicted octanol–water partition coefficient (Wildman–Crippen LogP) is 0.765. The lowest BCUT2D eigenvalue weighted by Gasteiger charge is -2.04. The highest BCUT2D eigenvalue weighted by Crippen LogP contribution is 2.24. The van der Waals surface area contributed by atoms with Gasteiger partial charge < -0.3 is 5.73 Å². The normalized spacial score (nSPS) is 14.0. The molecule has 4 rings (SSSR count). The quantitative estimate of drug-likeness (QED) is 0.707. The molecule has 0 unspecified atom stereocenters. The Morgan fingerprint density at radius 3 is 2.86 bits per heavy atom. The summed E-state index contributed by atoms with van der Waals surface area (Å²) in [5.74, 6) is 0.574. The van der Waals surface area contributed by atoms with E-state index in [-0.39, 0.29) is 0 Å². The first-order valence-corrected chi connectivity index (χ1v) is 6.62. The number of hydrazone groups is 1. The Labute approximate surface area is 125 Å². The summed E-state index contributed by atoms with van der Waals surface area (Å²) < 4.78 is 4.87. The van der Waals surface area contributed by atoms with E-state index in [2.05, 4.69) is 22.0 Å². The van der Waals surface area contributed by atoms with Crippen molar-refractivity contribution < 1.29 is 4.68 Å². The summed E-state index contributed by atoms with van der Waals surface area (Å²) in [5.41, 5.74) is 9.77. The predicted molar refractivity (Wildman–Crippen MR) is 83.5 cm³/mol. The van der Waals surface area contributed by atoms with E-state index in [0.29, 0.717) is 17.2 Å². The summed E-state index contributed by atoms with van der Waals surface area (Å²) in [5, 5.41) is 12.8. The average Bonchev–Trinajstić information content (AvgIpc) is 3.19. The van der Waals surface area contributed by atoms with E-state index < -0.39 is 0 Å². The van der Waals surface area contributed by atoms with E-state index in [1.54, 1.807) is 34.7 Å². The highest BCUT2D eigenvalue weighted by atomic mass is 15.4. The van der Waals surface area contributed by atoms with E-state index in [9.17, 15) is 0 Å². The van der Waals surface area contributed by atoms with Gasteiger partial charge in [-0.15, -0.1) is 0 Å². The summed E-state index contributed by atoms with van der Waals surface area (Å²) in [6.07, 6.45) is 7.09. The van der Waals surface area contributed by atoms with Crippen LogP contribution in [0.3, 0.4) is 0 Å². The Bertz CT molecular complexity index is 953. The Hall–Kier alpha value is -3.29. The van der Waals surface area contributed by atoms with E-state index >= 15 is 0 Å². The molecule has 8 heteroatoms. The van der Waals surface area contributed by atoms with Gasteiger partial charge in [-0.3, -0.25) is 4.68 Å². The first kappa shape index (κ1) is 12.5. The van der Waals surface area contributed by atoms with Gasteiger partial charge in [0.15, 0.2) is 6.72 Å². The first-order valence-electron chi connectivity index (χ1n) is 6.62. The fourth-order valence-corrected chi connectivity index (χ4v) is 2.36. The molecule has 1 aliphatic rings. The maximum Gasteiger partial charge on any atom is 0.212 e. The zero-order valence-electron chi connectivity index (χ0n) is 11.9. The van der Waals surface area contributed by atoms with Crippen LogP contribution in [0.5, 0.6) is 0 Å². The van der Waals surface area contributed by atoms with Gasteiger partial charge in [-0.25, -0.2) is 9.50 Å². The van der Waals surface area contributed by atoms with Gasteiger partial charge in [0.05, 0.1) is 23.5 Å². The summed E-state index contributed by atoms with van der Waals surface area (Å²) in [4.78, 5) is 4.71. The third-order valence-electron chi connectivity index (χ3n) is 3.47. The van der Waals surface area contributed by atoms with Crippen molar-refractivity contribution in [2.75, 3.05) is 5.73 Å². The van der Waals surface area contributed by atoms with Crippen molar-refractivity contribution >= 4 is 29.8 Å². The lowest BCUT2D eigenvalue weighted by Crippen LogP contribution is -2.00. The molecule has 3 aromatic heterocycles. The minimum absolute atomic E-state index is 0.574. The van der Waals surface area contributed by atoms with Crippen molar-refractivity contribution in [1.82, 2.24) is 24.4 Å². The Balaban J connectivity index is 1.96. The number of rotatable bonds is 2. The number of aryl methyl sites for hydroxylation is 1. The molecule has 4 heterocycles. The van der Waals surface area contributed by atoms with Crippen molar-refractivity contribution in [2.45, 2.75) is 0 Å². The summed E-state index contributed by atoms with van der Waals surface area (Å²) in [6, 6.07) is 3.69. The van der Waals surface area contributed by atoms with Crippen LogP contribution in [0.25, 0.3) is 22.5 Å². The maximum atomic E-state index is 5.85. The molecule has 108 valence electrons. The third-order valence-corrected chi connectivity index (χ3v) is 3.47. The second-order valence-corrected chi connectivity index (χ2v) is 4.98. The molecule has 0 amide bonds. The second kappa shape index (κ2) is 4.35. The molecule has 0 saturated heterocycles. The van der Waals surface area contributed by atoms with Gasteiger partial charge in [0.2, 0.25) is 6.20 Å². The topological polar surface area (TPSA) is 89.4 Å². The van der Waals surface area contributed by atoms with Crippen molar-refractivity contribution in [3.63, 3.8) is 0 Å². The number of nitrogens with two attached hydrogens (primary N) is 1.